The van der Waals surface area contributed by atoms with Crippen molar-refractivity contribution < 1.29 is 14.7 Å². The number of rotatable bonds is 4. The number of aliphatic carboxylic acids is 1. The van der Waals surface area contributed by atoms with Crippen molar-refractivity contribution in [3.8, 4) is 0 Å². The first-order valence-corrected chi connectivity index (χ1v) is 8.62. The first-order chi connectivity index (χ1) is 11.9. The standard InChI is InChI=1S/C18H20ClN3O3/c1-12-9-13(4-5-15(12)19)18(25)21-7-2-3-14(10-21)16-6-8-22(20-16)11-17(23)24/h4-6,8-9,14H,2-3,7,10-11H2,1H3,(H,23,24)/t14-/m0/s1. The van der Waals surface area contributed by atoms with Crippen molar-refractivity contribution >= 4 is 23.5 Å². The van der Waals surface area contributed by atoms with E-state index in [-0.39, 0.29) is 18.4 Å². The summed E-state index contributed by atoms with van der Waals surface area (Å²) in [6, 6.07) is 7.16. The SMILES string of the molecule is Cc1cc(C(=O)N2CCC[C@H](c3ccn(CC(=O)O)n3)C2)ccc1Cl. The molecule has 7 heteroatoms. The molecule has 0 radical (unpaired) electrons. The first-order valence-electron chi connectivity index (χ1n) is 8.24. The van der Waals surface area contributed by atoms with Gasteiger partial charge in [-0.1, -0.05) is 11.6 Å². The lowest BCUT2D eigenvalue weighted by molar-refractivity contribution is -0.137. The van der Waals surface area contributed by atoms with Gasteiger partial charge in [0.1, 0.15) is 6.54 Å². The monoisotopic (exact) mass is 361 g/mol. The van der Waals surface area contributed by atoms with Crippen LogP contribution < -0.4 is 0 Å². The quantitative estimate of drug-likeness (QED) is 0.908. The fraction of sp³-hybridized carbons (Fsp3) is 0.389. The molecule has 1 fully saturated rings. The first kappa shape index (κ1) is 17.5. The van der Waals surface area contributed by atoms with Gasteiger partial charge in [-0.15, -0.1) is 0 Å². The van der Waals surface area contributed by atoms with Gasteiger partial charge in [0.25, 0.3) is 5.91 Å². The summed E-state index contributed by atoms with van der Waals surface area (Å²) in [6.07, 6.45) is 3.51. The molecular weight excluding hydrogens is 342 g/mol. The van der Waals surface area contributed by atoms with E-state index in [1.165, 1.54) is 4.68 Å². The van der Waals surface area contributed by atoms with Crippen molar-refractivity contribution in [1.82, 2.24) is 14.7 Å². The largest absolute Gasteiger partial charge is 0.480 e. The molecule has 0 saturated carbocycles. The molecule has 1 amide bonds. The number of aromatic nitrogens is 2. The Bertz CT molecular complexity index is 803. The molecule has 132 valence electrons. The summed E-state index contributed by atoms with van der Waals surface area (Å²) >= 11 is 6.04. The number of carbonyl (C=O) groups excluding carboxylic acids is 1. The maximum Gasteiger partial charge on any atom is 0.325 e. The average molecular weight is 362 g/mol. The minimum Gasteiger partial charge on any atom is -0.480 e. The van der Waals surface area contributed by atoms with Crippen LogP contribution in [0.1, 0.15) is 40.4 Å². The molecule has 1 N–H and O–H groups in total. The smallest absolute Gasteiger partial charge is 0.325 e. The fourth-order valence-electron chi connectivity index (χ4n) is 3.19. The topological polar surface area (TPSA) is 75.4 Å². The van der Waals surface area contributed by atoms with Crippen LogP contribution in [0.2, 0.25) is 5.02 Å². The molecule has 25 heavy (non-hydrogen) atoms. The zero-order chi connectivity index (χ0) is 18.0. The molecule has 1 aromatic carbocycles. The third-order valence-corrected chi connectivity index (χ3v) is 4.91. The van der Waals surface area contributed by atoms with E-state index in [9.17, 15) is 9.59 Å². The predicted molar refractivity (Wildman–Crippen MR) is 93.9 cm³/mol. The molecule has 6 nitrogen and oxygen atoms in total. The van der Waals surface area contributed by atoms with Crippen LogP contribution in [0.15, 0.2) is 30.5 Å². The van der Waals surface area contributed by atoms with Gasteiger partial charge in [0, 0.05) is 35.8 Å². The number of hydrogen-bond acceptors (Lipinski definition) is 3. The van der Waals surface area contributed by atoms with Crippen LogP contribution in [0, 0.1) is 6.92 Å². The summed E-state index contributed by atoms with van der Waals surface area (Å²) in [4.78, 5) is 25.4. The molecular formula is C18H20ClN3O3. The zero-order valence-corrected chi connectivity index (χ0v) is 14.7. The summed E-state index contributed by atoms with van der Waals surface area (Å²) in [5, 5.41) is 13.8. The zero-order valence-electron chi connectivity index (χ0n) is 14.0. The molecule has 0 unspecified atom stereocenters. The molecule has 1 aliphatic heterocycles. The Morgan fingerprint density at radius 1 is 1.36 bits per heavy atom. The van der Waals surface area contributed by atoms with Crippen molar-refractivity contribution in [1.29, 1.82) is 0 Å². The Morgan fingerprint density at radius 2 is 2.16 bits per heavy atom. The van der Waals surface area contributed by atoms with Crippen LogP contribution in [0.5, 0.6) is 0 Å². The van der Waals surface area contributed by atoms with Gasteiger partial charge in [0.2, 0.25) is 0 Å². The van der Waals surface area contributed by atoms with Gasteiger partial charge in [0.15, 0.2) is 0 Å². The highest BCUT2D eigenvalue weighted by Gasteiger charge is 2.27. The minimum atomic E-state index is -0.923. The highest BCUT2D eigenvalue weighted by molar-refractivity contribution is 6.31. The van der Waals surface area contributed by atoms with Gasteiger partial charge < -0.3 is 10.0 Å². The van der Waals surface area contributed by atoms with E-state index in [0.29, 0.717) is 23.7 Å². The Morgan fingerprint density at radius 3 is 2.88 bits per heavy atom. The summed E-state index contributed by atoms with van der Waals surface area (Å²) < 4.78 is 1.42. The van der Waals surface area contributed by atoms with Crippen LogP contribution in [0.25, 0.3) is 0 Å². The van der Waals surface area contributed by atoms with Crippen molar-refractivity contribution in [3.63, 3.8) is 0 Å². The van der Waals surface area contributed by atoms with E-state index in [4.69, 9.17) is 16.7 Å². The summed E-state index contributed by atoms with van der Waals surface area (Å²) in [6.45, 7) is 3.03. The molecule has 1 saturated heterocycles. The second kappa shape index (κ2) is 7.27. The number of benzene rings is 1. The molecule has 2 heterocycles. The number of halogens is 1. The van der Waals surface area contributed by atoms with Gasteiger partial charge in [-0.05, 0) is 49.6 Å². The average Bonchev–Trinajstić information content (AvgIpc) is 3.04. The van der Waals surface area contributed by atoms with Crippen molar-refractivity contribution in [2.24, 2.45) is 0 Å². The number of carbonyl (C=O) groups is 2. The number of likely N-dealkylation sites (tertiary alicyclic amines) is 1. The Labute approximate surface area is 151 Å². The summed E-state index contributed by atoms with van der Waals surface area (Å²) in [7, 11) is 0. The van der Waals surface area contributed by atoms with E-state index >= 15 is 0 Å². The third kappa shape index (κ3) is 4.02. The Balaban J connectivity index is 1.72. The molecule has 0 aliphatic carbocycles. The number of nitrogens with zero attached hydrogens (tertiary/aromatic N) is 3. The summed E-state index contributed by atoms with van der Waals surface area (Å²) in [5.41, 5.74) is 2.36. The van der Waals surface area contributed by atoms with E-state index < -0.39 is 5.97 Å². The normalized spacial score (nSPS) is 17.5. The van der Waals surface area contributed by atoms with Gasteiger partial charge in [0.05, 0.1) is 5.69 Å². The molecule has 0 bridgehead atoms. The summed E-state index contributed by atoms with van der Waals surface area (Å²) in [5.74, 6) is -0.802. The van der Waals surface area contributed by atoms with Crippen LogP contribution in [0.4, 0.5) is 0 Å². The highest BCUT2D eigenvalue weighted by Crippen LogP contribution is 2.27. The van der Waals surface area contributed by atoms with Crippen LogP contribution in [0.3, 0.4) is 0 Å². The molecule has 2 aromatic rings. The minimum absolute atomic E-state index is 0.00515. The van der Waals surface area contributed by atoms with E-state index in [0.717, 1.165) is 24.1 Å². The number of carboxylic acids is 1. The lowest BCUT2D eigenvalue weighted by atomic mass is 9.94. The van der Waals surface area contributed by atoms with Crippen LogP contribution in [-0.4, -0.2) is 44.8 Å². The van der Waals surface area contributed by atoms with Gasteiger partial charge >= 0.3 is 5.97 Å². The third-order valence-electron chi connectivity index (χ3n) is 4.49. The lowest BCUT2D eigenvalue weighted by Crippen LogP contribution is -2.39. The van der Waals surface area contributed by atoms with Gasteiger partial charge in [-0.2, -0.15) is 5.10 Å². The second-order valence-electron chi connectivity index (χ2n) is 6.39. The molecule has 0 spiro atoms. The van der Waals surface area contributed by atoms with Gasteiger partial charge in [-0.25, -0.2) is 0 Å². The fourth-order valence-corrected chi connectivity index (χ4v) is 3.30. The number of piperidine rings is 1. The van der Waals surface area contributed by atoms with E-state index in [2.05, 4.69) is 5.10 Å². The van der Waals surface area contributed by atoms with Crippen molar-refractivity contribution in [2.75, 3.05) is 13.1 Å². The number of carboxylic acid groups (broad SMARTS) is 1. The predicted octanol–water partition coefficient (Wildman–Crippen LogP) is 2.95. The van der Waals surface area contributed by atoms with Crippen molar-refractivity contribution in [2.45, 2.75) is 32.2 Å². The maximum absolute atomic E-state index is 12.8. The molecule has 1 aliphatic rings. The lowest BCUT2D eigenvalue weighted by Gasteiger charge is -2.32. The van der Waals surface area contributed by atoms with Crippen molar-refractivity contribution in [3.05, 3.63) is 52.3 Å². The maximum atomic E-state index is 12.8. The van der Waals surface area contributed by atoms with E-state index in [1.807, 2.05) is 24.0 Å². The Hall–Kier alpha value is -2.34. The Kier molecular flexibility index (Phi) is 5.08. The highest BCUT2D eigenvalue weighted by atomic mass is 35.5. The molecule has 1 aromatic heterocycles. The number of aryl methyl sites for hydroxylation is 1. The second-order valence-corrected chi connectivity index (χ2v) is 6.79. The van der Waals surface area contributed by atoms with E-state index in [1.54, 1.807) is 18.3 Å². The molecule has 1 atom stereocenters. The van der Waals surface area contributed by atoms with Gasteiger partial charge in [-0.3, -0.25) is 14.3 Å². The van der Waals surface area contributed by atoms with Crippen LogP contribution in [-0.2, 0) is 11.3 Å². The number of amides is 1. The van der Waals surface area contributed by atoms with Crippen LogP contribution >= 0.6 is 11.6 Å². The molecule has 3 rings (SSSR count). The number of hydrogen-bond donors (Lipinski definition) is 1.